The molecule has 2 rings (SSSR count). The van der Waals surface area contributed by atoms with Gasteiger partial charge in [0, 0.05) is 18.5 Å². The first-order chi connectivity index (χ1) is 8.76. The first-order valence-electron chi connectivity index (χ1n) is 6.22. The number of nitrogens with one attached hydrogen (secondary N) is 1. The highest BCUT2D eigenvalue weighted by Crippen LogP contribution is 2.18. The number of nitrogens with zero attached hydrogens (tertiary/aromatic N) is 5. The van der Waals surface area contributed by atoms with Gasteiger partial charge in [0.15, 0.2) is 5.82 Å². The van der Waals surface area contributed by atoms with Crippen molar-refractivity contribution in [3.63, 3.8) is 0 Å². The lowest BCUT2D eigenvalue weighted by Crippen LogP contribution is -2.11. The van der Waals surface area contributed by atoms with E-state index < -0.39 is 0 Å². The van der Waals surface area contributed by atoms with Crippen LogP contribution in [0.2, 0.25) is 0 Å². The predicted molar refractivity (Wildman–Crippen MR) is 69.8 cm³/mol. The van der Waals surface area contributed by atoms with E-state index in [9.17, 15) is 0 Å². The summed E-state index contributed by atoms with van der Waals surface area (Å²) < 4.78 is 1.68. The molecule has 0 spiro atoms. The van der Waals surface area contributed by atoms with E-state index in [1.807, 2.05) is 6.92 Å². The van der Waals surface area contributed by atoms with Crippen molar-refractivity contribution in [2.45, 2.75) is 33.6 Å². The van der Waals surface area contributed by atoms with Crippen molar-refractivity contribution in [3.05, 3.63) is 24.0 Å². The molecule has 0 saturated carbocycles. The van der Waals surface area contributed by atoms with Crippen LogP contribution in [0.3, 0.4) is 0 Å². The van der Waals surface area contributed by atoms with Crippen LogP contribution in [0.25, 0.3) is 5.82 Å². The lowest BCUT2D eigenvalue weighted by atomic mass is 10.2. The Morgan fingerprint density at radius 3 is 2.72 bits per heavy atom. The van der Waals surface area contributed by atoms with Gasteiger partial charge in [0.25, 0.3) is 0 Å². The molecule has 0 radical (unpaired) electrons. The van der Waals surface area contributed by atoms with Crippen LogP contribution in [0.4, 0.5) is 5.82 Å². The van der Waals surface area contributed by atoms with Crippen LogP contribution in [0.15, 0.2) is 12.7 Å². The SMILES string of the molecule is CCCc1nc(NCC)c(C)c(-n2cncn2)n1. The highest BCUT2D eigenvalue weighted by molar-refractivity contribution is 5.51. The fraction of sp³-hybridized carbons (Fsp3) is 0.500. The normalized spacial score (nSPS) is 10.6. The fourth-order valence-corrected chi connectivity index (χ4v) is 1.77. The summed E-state index contributed by atoms with van der Waals surface area (Å²) in [5.74, 6) is 2.51. The van der Waals surface area contributed by atoms with Crippen LogP contribution in [0, 0.1) is 6.92 Å². The van der Waals surface area contributed by atoms with Gasteiger partial charge >= 0.3 is 0 Å². The van der Waals surface area contributed by atoms with Gasteiger partial charge in [0.1, 0.15) is 24.3 Å². The molecule has 2 aromatic rings. The summed E-state index contributed by atoms with van der Waals surface area (Å²) >= 11 is 0. The molecule has 6 heteroatoms. The molecule has 96 valence electrons. The Kier molecular flexibility index (Phi) is 3.86. The standard InChI is InChI=1S/C12H18N6/c1-4-6-10-16-11(14-5-2)9(3)12(17-10)18-8-13-7-15-18/h7-8H,4-6H2,1-3H3,(H,14,16,17). The number of aromatic nitrogens is 5. The molecular weight excluding hydrogens is 228 g/mol. The summed E-state index contributed by atoms with van der Waals surface area (Å²) in [6, 6.07) is 0. The van der Waals surface area contributed by atoms with E-state index >= 15 is 0 Å². The number of aryl methyl sites for hydroxylation is 1. The quantitative estimate of drug-likeness (QED) is 0.870. The first kappa shape index (κ1) is 12.5. The van der Waals surface area contributed by atoms with Crippen molar-refractivity contribution in [2.75, 3.05) is 11.9 Å². The number of hydrogen-bond donors (Lipinski definition) is 1. The van der Waals surface area contributed by atoms with Gasteiger partial charge in [-0.3, -0.25) is 0 Å². The second kappa shape index (κ2) is 5.57. The molecule has 2 heterocycles. The van der Waals surface area contributed by atoms with Gasteiger partial charge in [-0.05, 0) is 20.3 Å². The molecule has 0 atom stereocenters. The van der Waals surface area contributed by atoms with Crippen molar-refractivity contribution in [1.82, 2.24) is 24.7 Å². The third kappa shape index (κ3) is 2.47. The molecule has 0 aliphatic heterocycles. The summed E-state index contributed by atoms with van der Waals surface area (Å²) in [6.07, 6.45) is 5.04. The summed E-state index contributed by atoms with van der Waals surface area (Å²) in [5.41, 5.74) is 0.988. The zero-order valence-corrected chi connectivity index (χ0v) is 11.0. The number of hydrogen-bond acceptors (Lipinski definition) is 5. The van der Waals surface area contributed by atoms with E-state index in [4.69, 9.17) is 0 Å². The Labute approximate surface area is 106 Å². The van der Waals surface area contributed by atoms with Gasteiger partial charge in [0.05, 0.1) is 0 Å². The topological polar surface area (TPSA) is 68.5 Å². The second-order valence-electron chi connectivity index (χ2n) is 4.06. The maximum atomic E-state index is 4.56. The van der Waals surface area contributed by atoms with E-state index in [1.54, 1.807) is 11.0 Å². The molecule has 0 unspecified atom stereocenters. The lowest BCUT2D eigenvalue weighted by molar-refractivity contribution is 0.776. The monoisotopic (exact) mass is 246 g/mol. The van der Waals surface area contributed by atoms with Crippen LogP contribution < -0.4 is 5.32 Å². The molecule has 0 saturated heterocycles. The average molecular weight is 246 g/mol. The molecule has 1 N–H and O–H groups in total. The Hall–Kier alpha value is -1.98. The highest BCUT2D eigenvalue weighted by Gasteiger charge is 2.12. The van der Waals surface area contributed by atoms with Crippen LogP contribution in [0.1, 0.15) is 31.7 Å². The highest BCUT2D eigenvalue weighted by atomic mass is 15.3. The summed E-state index contributed by atoms with van der Waals surface area (Å²) in [4.78, 5) is 13.1. The second-order valence-corrected chi connectivity index (χ2v) is 4.06. The van der Waals surface area contributed by atoms with E-state index in [0.717, 1.165) is 42.4 Å². The molecule has 0 aliphatic carbocycles. The van der Waals surface area contributed by atoms with E-state index in [-0.39, 0.29) is 0 Å². The van der Waals surface area contributed by atoms with Gasteiger partial charge in [-0.15, -0.1) is 0 Å². The van der Waals surface area contributed by atoms with E-state index in [1.165, 1.54) is 6.33 Å². The molecule has 6 nitrogen and oxygen atoms in total. The van der Waals surface area contributed by atoms with Crippen LogP contribution in [-0.2, 0) is 6.42 Å². The summed E-state index contributed by atoms with van der Waals surface area (Å²) in [6.45, 7) is 6.99. The van der Waals surface area contributed by atoms with Gasteiger partial charge in [-0.25, -0.2) is 19.6 Å². The van der Waals surface area contributed by atoms with Crippen molar-refractivity contribution in [3.8, 4) is 5.82 Å². The zero-order valence-electron chi connectivity index (χ0n) is 11.0. The van der Waals surface area contributed by atoms with Gasteiger partial charge < -0.3 is 5.32 Å². The minimum Gasteiger partial charge on any atom is -0.370 e. The Morgan fingerprint density at radius 2 is 2.11 bits per heavy atom. The Bertz CT molecular complexity index is 506. The molecule has 2 aromatic heterocycles. The minimum absolute atomic E-state index is 0.793. The Morgan fingerprint density at radius 1 is 1.28 bits per heavy atom. The smallest absolute Gasteiger partial charge is 0.163 e. The molecule has 18 heavy (non-hydrogen) atoms. The largest absolute Gasteiger partial charge is 0.370 e. The third-order valence-corrected chi connectivity index (χ3v) is 2.62. The average Bonchev–Trinajstić information content (AvgIpc) is 2.87. The lowest BCUT2D eigenvalue weighted by Gasteiger charge is -2.12. The maximum absolute atomic E-state index is 4.56. The molecule has 0 aliphatic rings. The zero-order chi connectivity index (χ0) is 13.0. The first-order valence-corrected chi connectivity index (χ1v) is 6.22. The van der Waals surface area contributed by atoms with Gasteiger partial charge in [-0.1, -0.05) is 6.92 Å². The summed E-state index contributed by atoms with van der Waals surface area (Å²) in [5, 5.41) is 7.40. The number of anilines is 1. The van der Waals surface area contributed by atoms with E-state index in [0.29, 0.717) is 0 Å². The van der Waals surface area contributed by atoms with Crippen molar-refractivity contribution in [2.24, 2.45) is 0 Å². The molecule has 0 amide bonds. The van der Waals surface area contributed by atoms with E-state index in [2.05, 4.69) is 39.2 Å². The predicted octanol–water partition coefficient (Wildman–Crippen LogP) is 1.75. The van der Waals surface area contributed by atoms with Gasteiger partial charge in [0.2, 0.25) is 0 Å². The van der Waals surface area contributed by atoms with Crippen molar-refractivity contribution >= 4 is 5.82 Å². The molecule has 0 fully saturated rings. The van der Waals surface area contributed by atoms with Crippen molar-refractivity contribution in [1.29, 1.82) is 0 Å². The minimum atomic E-state index is 0.793. The Balaban J connectivity index is 2.49. The van der Waals surface area contributed by atoms with Gasteiger partial charge in [-0.2, -0.15) is 5.10 Å². The molecule has 0 bridgehead atoms. The van der Waals surface area contributed by atoms with Crippen LogP contribution in [0.5, 0.6) is 0 Å². The third-order valence-electron chi connectivity index (χ3n) is 2.62. The van der Waals surface area contributed by atoms with Crippen LogP contribution >= 0.6 is 0 Å². The maximum Gasteiger partial charge on any atom is 0.163 e. The fourth-order valence-electron chi connectivity index (χ4n) is 1.77. The molecular formula is C12H18N6. The van der Waals surface area contributed by atoms with Crippen molar-refractivity contribution < 1.29 is 0 Å². The number of rotatable bonds is 5. The molecule has 0 aromatic carbocycles. The van der Waals surface area contributed by atoms with Crippen LogP contribution in [-0.4, -0.2) is 31.3 Å². The summed E-state index contributed by atoms with van der Waals surface area (Å²) in [7, 11) is 0.